The molecule has 18 heavy (non-hydrogen) atoms. The molecule has 2 aromatic heterocycles. The molecule has 1 saturated carbocycles. The molecule has 0 saturated heterocycles. The molecule has 96 valence electrons. The van der Waals surface area contributed by atoms with E-state index < -0.39 is 11.7 Å². The number of alkyl halides is 3. The first-order valence-electron chi connectivity index (χ1n) is 5.39. The Hall–Kier alpha value is -1.99. The molecule has 8 heteroatoms. The zero-order chi connectivity index (χ0) is 13.1. The molecule has 2 aromatic rings. The molecule has 0 spiro atoms. The predicted molar refractivity (Wildman–Crippen MR) is 58.8 cm³/mol. The number of fused-ring (bicyclic) bond motifs is 1. The Balaban J connectivity index is 2.35. The molecule has 1 aliphatic carbocycles. The Morgan fingerprint density at radius 1 is 1.28 bits per heavy atom. The van der Waals surface area contributed by atoms with Gasteiger partial charge in [-0.15, -0.1) is 5.10 Å². The van der Waals surface area contributed by atoms with Gasteiger partial charge in [0, 0.05) is 5.56 Å². The number of halogens is 3. The lowest BCUT2D eigenvalue weighted by Gasteiger charge is -2.15. The molecular weight excluding hydrogens is 247 g/mol. The van der Waals surface area contributed by atoms with Crippen LogP contribution >= 0.6 is 0 Å². The fourth-order valence-electron chi connectivity index (χ4n) is 2.11. The van der Waals surface area contributed by atoms with Crippen LogP contribution in [-0.4, -0.2) is 14.6 Å². The first kappa shape index (κ1) is 11.1. The van der Waals surface area contributed by atoms with Crippen LogP contribution in [0.1, 0.15) is 29.9 Å². The van der Waals surface area contributed by atoms with Crippen molar-refractivity contribution in [2.24, 2.45) is 0 Å². The zero-order valence-electron chi connectivity index (χ0n) is 9.20. The molecule has 0 radical (unpaired) electrons. The van der Waals surface area contributed by atoms with Crippen LogP contribution in [0, 0.1) is 0 Å². The fourth-order valence-corrected chi connectivity index (χ4v) is 2.11. The molecule has 3 rings (SSSR count). The van der Waals surface area contributed by atoms with Gasteiger partial charge >= 0.3 is 6.18 Å². The van der Waals surface area contributed by atoms with Gasteiger partial charge < -0.3 is 11.5 Å². The Morgan fingerprint density at radius 2 is 1.94 bits per heavy atom. The predicted octanol–water partition coefficient (Wildman–Crippen LogP) is 1.79. The first-order chi connectivity index (χ1) is 8.38. The topological polar surface area (TPSA) is 82.2 Å². The average Bonchev–Trinajstić information content (AvgIpc) is 2.99. The van der Waals surface area contributed by atoms with Crippen molar-refractivity contribution in [3.8, 4) is 0 Å². The lowest BCUT2D eigenvalue weighted by atomic mass is 10.0. The van der Waals surface area contributed by atoms with Crippen LogP contribution in [0.25, 0.3) is 5.65 Å². The minimum absolute atomic E-state index is 0.0155. The zero-order valence-corrected chi connectivity index (χ0v) is 9.20. The summed E-state index contributed by atoms with van der Waals surface area (Å²) >= 11 is 0. The van der Waals surface area contributed by atoms with Crippen LogP contribution in [0.15, 0.2) is 6.07 Å². The minimum Gasteiger partial charge on any atom is -0.383 e. The van der Waals surface area contributed by atoms with Crippen molar-refractivity contribution in [3.63, 3.8) is 0 Å². The second-order valence-electron chi connectivity index (χ2n) is 4.37. The molecular formula is C10H10F3N5. The second-order valence-corrected chi connectivity index (χ2v) is 4.37. The van der Waals surface area contributed by atoms with E-state index in [2.05, 4.69) is 10.1 Å². The summed E-state index contributed by atoms with van der Waals surface area (Å²) in [6.45, 7) is 0. The fraction of sp³-hybridized carbons (Fsp3) is 0.400. The normalized spacial score (nSPS) is 16.4. The molecule has 0 bridgehead atoms. The van der Waals surface area contributed by atoms with E-state index in [9.17, 15) is 13.2 Å². The van der Waals surface area contributed by atoms with Gasteiger partial charge in [0.1, 0.15) is 5.82 Å². The molecule has 1 aliphatic rings. The number of anilines is 2. The summed E-state index contributed by atoms with van der Waals surface area (Å²) in [6.07, 6.45) is -3.03. The number of rotatable bonds is 1. The molecule has 2 heterocycles. The largest absolute Gasteiger partial charge is 0.416 e. The first-order valence-corrected chi connectivity index (χ1v) is 5.39. The minimum atomic E-state index is -4.45. The van der Waals surface area contributed by atoms with Crippen LogP contribution in [0.3, 0.4) is 0 Å². The molecule has 5 nitrogen and oxygen atoms in total. The number of nitrogens with zero attached hydrogens (tertiary/aromatic N) is 3. The maximum Gasteiger partial charge on any atom is 0.416 e. The maximum atomic E-state index is 13.0. The van der Waals surface area contributed by atoms with E-state index in [4.69, 9.17) is 11.5 Å². The van der Waals surface area contributed by atoms with Gasteiger partial charge in [-0.3, -0.25) is 0 Å². The lowest BCUT2D eigenvalue weighted by molar-refractivity contribution is -0.138. The summed E-state index contributed by atoms with van der Waals surface area (Å²) < 4.78 is 40.2. The third-order valence-corrected chi connectivity index (χ3v) is 3.01. The number of hydrogen-bond donors (Lipinski definition) is 2. The molecule has 0 aromatic carbocycles. The maximum absolute atomic E-state index is 13.0. The SMILES string of the molecule is Nc1nc2cc(C(F)(F)F)c(C3CC3)c(N)n2n1. The van der Waals surface area contributed by atoms with E-state index in [1.165, 1.54) is 0 Å². The summed E-state index contributed by atoms with van der Waals surface area (Å²) in [7, 11) is 0. The van der Waals surface area contributed by atoms with E-state index in [1.54, 1.807) is 0 Å². The van der Waals surface area contributed by atoms with Gasteiger partial charge in [-0.1, -0.05) is 0 Å². The number of hydrogen-bond acceptors (Lipinski definition) is 4. The van der Waals surface area contributed by atoms with Crippen molar-refractivity contribution < 1.29 is 13.2 Å². The summed E-state index contributed by atoms with van der Waals surface area (Å²) in [4.78, 5) is 3.72. The van der Waals surface area contributed by atoms with Gasteiger partial charge in [0.05, 0.1) is 5.56 Å². The van der Waals surface area contributed by atoms with Crippen molar-refractivity contribution in [1.29, 1.82) is 0 Å². The van der Waals surface area contributed by atoms with Crippen LogP contribution in [-0.2, 0) is 6.18 Å². The Labute approximate surface area is 99.6 Å². The highest BCUT2D eigenvalue weighted by atomic mass is 19.4. The van der Waals surface area contributed by atoms with Gasteiger partial charge in [0.2, 0.25) is 5.95 Å². The monoisotopic (exact) mass is 257 g/mol. The van der Waals surface area contributed by atoms with Gasteiger partial charge in [0.15, 0.2) is 5.65 Å². The number of nitrogens with two attached hydrogens (primary N) is 2. The molecule has 0 amide bonds. The number of pyridine rings is 1. The highest BCUT2D eigenvalue weighted by Crippen LogP contribution is 2.48. The number of nitrogen functional groups attached to an aromatic ring is 2. The summed E-state index contributed by atoms with van der Waals surface area (Å²) in [5.74, 6) is -0.259. The van der Waals surface area contributed by atoms with E-state index in [0.29, 0.717) is 12.8 Å². The van der Waals surface area contributed by atoms with E-state index in [-0.39, 0.29) is 28.9 Å². The average molecular weight is 257 g/mol. The summed E-state index contributed by atoms with van der Waals surface area (Å²) in [6, 6.07) is 0.952. The molecule has 1 fully saturated rings. The van der Waals surface area contributed by atoms with Crippen molar-refractivity contribution in [2.75, 3.05) is 11.5 Å². The lowest BCUT2D eigenvalue weighted by Crippen LogP contribution is -2.14. The van der Waals surface area contributed by atoms with Crippen molar-refractivity contribution in [1.82, 2.24) is 14.6 Å². The van der Waals surface area contributed by atoms with Crippen LogP contribution < -0.4 is 11.5 Å². The van der Waals surface area contributed by atoms with Crippen molar-refractivity contribution >= 4 is 17.4 Å². The highest BCUT2D eigenvalue weighted by Gasteiger charge is 2.40. The van der Waals surface area contributed by atoms with Gasteiger partial charge in [-0.25, -0.2) is 0 Å². The molecule has 0 unspecified atom stereocenters. The van der Waals surface area contributed by atoms with Gasteiger partial charge in [0.25, 0.3) is 0 Å². The quantitative estimate of drug-likeness (QED) is 0.815. The smallest absolute Gasteiger partial charge is 0.383 e. The molecule has 4 N–H and O–H groups in total. The third kappa shape index (κ3) is 1.56. The molecule has 0 aliphatic heterocycles. The van der Waals surface area contributed by atoms with Crippen LogP contribution in [0.5, 0.6) is 0 Å². The summed E-state index contributed by atoms with van der Waals surface area (Å²) in [5.41, 5.74) is 10.5. The Kier molecular flexibility index (Phi) is 2.02. The summed E-state index contributed by atoms with van der Waals surface area (Å²) in [5, 5.41) is 3.80. The Bertz CT molecular complexity index is 626. The van der Waals surface area contributed by atoms with E-state index in [1.807, 2.05) is 0 Å². The van der Waals surface area contributed by atoms with Gasteiger partial charge in [-0.05, 0) is 24.8 Å². The van der Waals surface area contributed by atoms with Crippen molar-refractivity contribution in [3.05, 3.63) is 17.2 Å². The third-order valence-electron chi connectivity index (χ3n) is 3.01. The second kappa shape index (κ2) is 3.27. The number of aromatic nitrogens is 3. The Morgan fingerprint density at radius 3 is 2.50 bits per heavy atom. The van der Waals surface area contributed by atoms with Crippen LogP contribution in [0.4, 0.5) is 24.9 Å². The highest BCUT2D eigenvalue weighted by molar-refractivity contribution is 5.60. The molecule has 0 atom stereocenters. The standard InChI is InChI=1S/C10H10F3N5/c11-10(12,13)5-3-6-16-9(15)17-18(6)8(14)7(5)4-1-2-4/h3-4H,1-2,14H2,(H2,15,17). The van der Waals surface area contributed by atoms with Gasteiger partial charge in [-0.2, -0.15) is 22.7 Å². The van der Waals surface area contributed by atoms with Crippen molar-refractivity contribution in [2.45, 2.75) is 24.9 Å². The van der Waals surface area contributed by atoms with E-state index in [0.717, 1.165) is 10.6 Å². The van der Waals surface area contributed by atoms with Crippen LogP contribution in [0.2, 0.25) is 0 Å². The van der Waals surface area contributed by atoms with E-state index >= 15 is 0 Å².